The van der Waals surface area contributed by atoms with Crippen LogP contribution in [0.5, 0.6) is 0 Å². The number of nitrogens with one attached hydrogen (secondary N) is 1. The van der Waals surface area contributed by atoms with Crippen LogP contribution < -0.4 is 10.2 Å². The average molecular weight is 416 g/mol. The number of fused-ring (bicyclic) bond motifs is 1. The van der Waals surface area contributed by atoms with Crippen LogP contribution in [0, 0.1) is 25.2 Å². The fourth-order valence-electron chi connectivity index (χ4n) is 4.22. The average Bonchev–Trinajstić information content (AvgIpc) is 2.77. The van der Waals surface area contributed by atoms with Crippen LogP contribution in [0.25, 0.3) is 10.8 Å². The van der Waals surface area contributed by atoms with Crippen molar-refractivity contribution in [1.82, 2.24) is 20.1 Å². The van der Waals surface area contributed by atoms with Crippen LogP contribution in [0.2, 0.25) is 0 Å². The molecule has 0 amide bonds. The standard InChI is InChI=1S/C24H29N7/c1-15-14-31(10-9-30(15)5)23-11-21-22(13-26-23)18(4)28-29-24(21)27-17(3)20-8-6-7-19(12-25)16(20)2/h6-8,11,13,15,17H,9-10,14H2,1-5H3,(H,27,29)/t15-,17+/m0/s1. The lowest BCUT2D eigenvalue weighted by molar-refractivity contribution is 0.233. The van der Waals surface area contributed by atoms with E-state index in [4.69, 9.17) is 4.98 Å². The molecule has 0 unspecified atom stereocenters. The second kappa shape index (κ2) is 8.48. The summed E-state index contributed by atoms with van der Waals surface area (Å²) in [7, 11) is 2.17. The third-order valence-electron chi connectivity index (χ3n) is 6.43. The number of piperazine rings is 1. The number of hydrogen-bond donors (Lipinski definition) is 1. The van der Waals surface area contributed by atoms with Gasteiger partial charge in [-0.1, -0.05) is 12.1 Å². The van der Waals surface area contributed by atoms with Crippen molar-refractivity contribution in [3.05, 3.63) is 52.8 Å². The Morgan fingerprint density at radius 3 is 2.74 bits per heavy atom. The van der Waals surface area contributed by atoms with Crippen LogP contribution >= 0.6 is 0 Å². The van der Waals surface area contributed by atoms with Gasteiger partial charge in [-0.15, -0.1) is 5.10 Å². The molecule has 3 heterocycles. The molecular formula is C24H29N7. The second-order valence-corrected chi connectivity index (χ2v) is 8.50. The van der Waals surface area contributed by atoms with Crippen molar-refractivity contribution >= 4 is 22.4 Å². The Hall–Kier alpha value is -3.24. The summed E-state index contributed by atoms with van der Waals surface area (Å²) >= 11 is 0. The lowest BCUT2D eigenvalue weighted by Gasteiger charge is -2.38. The summed E-state index contributed by atoms with van der Waals surface area (Å²) in [5.74, 6) is 1.71. The van der Waals surface area contributed by atoms with Crippen molar-refractivity contribution in [2.75, 3.05) is 36.9 Å². The summed E-state index contributed by atoms with van der Waals surface area (Å²) in [6.07, 6.45) is 1.91. The monoisotopic (exact) mass is 415 g/mol. The number of anilines is 2. The summed E-state index contributed by atoms with van der Waals surface area (Å²) in [5.41, 5.74) is 3.63. The van der Waals surface area contributed by atoms with Gasteiger partial charge in [0, 0.05) is 42.6 Å². The minimum absolute atomic E-state index is 0.0196. The minimum Gasteiger partial charge on any atom is -0.362 e. The molecule has 4 rings (SSSR count). The molecule has 2 aromatic heterocycles. The molecule has 0 spiro atoms. The van der Waals surface area contributed by atoms with Gasteiger partial charge in [0.25, 0.3) is 0 Å². The van der Waals surface area contributed by atoms with Gasteiger partial charge in [-0.2, -0.15) is 10.4 Å². The molecule has 0 saturated carbocycles. The van der Waals surface area contributed by atoms with Gasteiger partial charge in [-0.05, 0) is 58.0 Å². The molecule has 1 aliphatic rings. The van der Waals surface area contributed by atoms with Crippen molar-refractivity contribution in [2.24, 2.45) is 0 Å². The first-order valence-corrected chi connectivity index (χ1v) is 10.7. The highest BCUT2D eigenvalue weighted by Gasteiger charge is 2.22. The predicted octanol–water partition coefficient (Wildman–Crippen LogP) is 3.83. The molecule has 7 nitrogen and oxygen atoms in total. The number of nitrogens with zero attached hydrogens (tertiary/aromatic N) is 6. The highest BCUT2D eigenvalue weighted by molar-refractivity contribution is 5.94. The maximum atomic E-state index is 9.37. The first-order chi connectivity index (χ1) is 14.9. The molecule has 160 valence electrons. The van der Waals surface area contributed by atoms with E-state index in [-0.39, 0.29) is 6.04 Å². The van der Waals surface area contributed by atoms with Crippen LogP contribution in [0.3, 0.4) is 0 Å². The van der Waals surface area contributed by atoms with Gasteiger partial charge < -0.3 is 15.1 Å². The zero-order valence-corrected chi connectivity index (χ0v) is 18.8. The maximum Gasteiger partial charge on any atom is 0.157 e. The van der Waals surface area contributed by atoms with E-state index < -0.39 is 0 Å². The Morgan fingerprint density at radius 2 is 2.00 bits per heavy atom. The fourth-order valence-corrected chi connectivity index (χ4v) is 4.22. The van der Waals surface area contributed by atoms with Crippen molar-refractivity contribution in [3.8, 4) is 6.07 Å². The van der Waals surface area contributed by atoms with E-state index in [1.165, 1.54) is 0 Å². The zero-order valence-electron chi connectivity index (χ0n) is 18.8. The Bertz CT molecular complexity index is 1150. The second-order valence-electron chi connectivity index (χ2n) is 8.50. The van der Waals surface area contributed by atoms with Crippen molar-refractivity contribution in [3.63, 3.8) is 0 Å². The summed E-state index contributed by atoms with van der Waals surface area (Å²) in [6.45, 7) is 11.2. The van der Waals surface area contributed by atoms with Crippen LogP contribution in [-0.4, -0.2) is 52.8 Å². The molecule has 0 aliphatic carbocycles. The maximum absolute atomic E-state index is 9.37. The minimum atomic E-state index is -0.0196. The number of nitriles is 1. The highest BCUT2D eigenvalue weighted by Crippen LogP contribution is 2.30. The molecule has 1 N–H and O–H groups in total. The Balaban J connectivity index is 1.69. The molecule has 0 radical (unpaired) electrons. The Labute approximate surface area is 183 Å². The van der Waals surface area contributed by atoms with E-state index in [0.29, 0.717) is 11.6 Å². The molecule has 2 atom stereocenters. The van der Waals surface area contributed by atoms with Gasteiger partial charge in [-0.25, -0.2) is 4.98 Å². The van der Waals surface area contributed by atoms with Crippen LogP contribution in [0.1, 0.15) is 42.3 Å². The Morgan fingerprint density at radius 1 is 1.19 bits per heavy atom. The smallest absolute Gasteiger partial charge is 0.157 e. The largest absolute Gasteiger partial charge is 0.362 e. The van der Waals surface area contributed by atoms with Crippen molar-refractivity contribution in [2.45, 2.75) is 39.8 Å². The number of benzene rings is 1. The van der Waals surface area contributed by atoms with E-state index in [1.807, 2.05) is 32.2 Å². The lowest BCUT2D eigenvalue weighted by Crippen LogP contribution is -2.50. The van der Waals surface area contributed by atoms with E-state index >= 15 is 0 Å². The quantitative estimate of drug-likeness (QED) is 0.693. The zero-order chi connectivity index (χ0) is 22.1. The molecule has 1 aliphatic heterocycles. The molecule has 7 heteroatoms. The lowest BCUT2D eigenvalue weighted by atomic mass is 9.98. The van der Waals surface area contributed by atoms with Crippen LogP contribution in [-0.2, 0) is 0 Å². The van der Waals surface area contributed by atoms with Crippen LogP contribution in [0.4, 0.5) is 11.6 Å². The molecule has 1 aromatic carbocycles. The van der Waals surface area contributed by atoms with E-state index in [2.05, 4.69) is 64.4 Å². The summed E-state index contributed by atoms with van der Waals surface area (Å²) < 4.78 is 0. The van der Waals surface area contributed by atoms with Crippen LogP contribution in [0.15, 0.2) is 30.5 Å². The summed E-state index contributed by atoms with van der Waals surface area (Å²) in [5, 5.41) is 23.7. The number of likely N-dealkylation sites (N-methyl/N-ethyl adjacent to an activating group) is 1. The normalized spacial score (nSPS) is 18.1. The molecule has 1 fully saturated rings. The predicted molar refractivity (Wildman–Crippen MR) is 124 cm³/mol. The highest BCUT2D eigenvalue weighted by atomic mass is 15.3. The SMILES string of the molecule is Cc1c(C#N)cccc1[C@@H](C)Nc1nnc(C)c2cnc(N3CCN(C)[C@@H](C)C3)cc12. The molecule has 31 heavy (non-hydrogen) atoms. The Kier molecular flexibility index (Phi) is 5.75. The number of aromatic nitrogens is 3. The van der Waals surface area contributed by atoms with Gasteiger partial charge in [0.05, 0.1) is 23.4 Å². The first-order valence-electron chi connectivity index (χ1n) is 10.7. The molecule has 0 bridgehead atoms. The van der Waals surface area contributed by atoms with Crippen molar-refractivity contribution < 1.29 is 0 Å². The number of pyridine rings is 1. The number of aryl methyl sites for hydroxylation is 1. The van der Waals surface area contributed by atoms with Gasteiger partial charge in [0.15, 0.2) is 5.82 Å². The molecule has 3 aromatic rings. The fraction of sp³-hybridized carbons (Fsp3) is 0.417. The van der Waals surface area contributed by atoms with Gasteiger partial charge >= 0.3 is 0 Å². The summed E-state index contributed by atoms with van der Waals surface area (Å²) in [4.78, 5) is 9.46. The van der Waals surface area contributed by atoms with E-state index in [9.17, 15) is 5.26 Å². The molecular weight excluding hydrogens is 386 g/mol. The number of hydrogen-bond acceptors (Lipinski definition) is 7. The summed E-state index contributed by atoms with van der Waals surface area (Å²) in [6, 6.07) is 10.7. The van der Waals surface area contributed by atoms with Gasteiger partial charge in [0.1, 0.15) is 5.82 Å². The number of rotatable bonds is 4. The third kappa shape index (κ3) is 4.04. The van der Waals surface area contributed by atoms with Crippen molar-refractivity contribution in [1.29, 1.82) is 5.26 Å². The molecule has 1 saturated heterocycles. The topological polar surface area (TPSA) is 81.0 Å². The third-order valence-corrected chi connectivity index (χ3v) is 6.43. The van der Waals surface area contributed by atoms with E-state index in [0.717, 1.165) is 58.9 Å². The first kappa shape index (κ1) is 21.0. The van der Waals surface area contributed by atoms with Gasteiger partial charge in [0.2, 0.25) is 0 Å². The van der Waals surface area contributed by atoms with Gasteiger partial charge in [-0.3, -0.25) is 0 Å². The van der Waals surface area contributed by atoms with E-state index in [1.54, 1.807) is 0 Å².